The van der Waals surface area contributed by atoms with E-state index in [1.165, 1.54) is 16.7 Å². The lowest BCUT2D eigenvalue weighted by Crippen LogP contribution is -3.13. The van der Waals surface area contributed by atoms with Crippen LogP contribution in [0.25, 0.3) is 0 Å². The van der Waals surface area contributed by atoms with Gasteiger partial charge in [0.1, 0.15) is 6.54 Å². The molecule has 0 radical (unpaired) electrons. The third-order valence-electron chi connectivity index (χ3n) is 4.85. The molecule has 0 spiro atoms. The zero-order valence-corrected chi connectivity index (χ0v) is 15.3. The number of quaternary nitrogens is 1. The molecule has 3 rings (SSSR count). The van der Waals surface area contributed by atoms with Gasteiger partial charge in [-0.25, -0.2) is 0 Å². The number of anilines is 1. The second kappa shape index (κ2) is 7.77. The quantitative estimate of drug-likeness (QED) is 0.837. The summed E-state index contributed by atoms with van der Waals surface area (Å²) in [6, 6.07) is 17.0. The van der Waals surface area contributed by atoms with Gasteiger partial charge >= 0.3 is 0 Å². The molecular weight excluding hydrogens is 314 g/mol. The van der Waals surface area contributed by atoms with Crippen LogP contribution in [0.2, 0.25) is 0 Å². The molecule has 24 heavy (non-hydrogen) atoms. The maximum Gasteiger partial charge on any atom is 0.173 e. The van der Waals surface area contributed by atoms with E-state index in [0.717, 1.165) is 43.5 Å². The molecule has 0 atom stereocenters. The molecule has 2 N–H and O–H groups in total. The summed E-state index contributed by atoms with van der Waals surface area (Å²) in [7, 11) is 0. The third kappa shape index (κ3) is 4.13. The van der Waals surface area contributed by atoms with Crippen LogP contribution in [0, 0.1) is 13.8 Å². The minimum absolute atomic E-state index is 0.847. The van der Waals surface area contributed by atoms with Gasteiger partial charge in [-0.3, -0.25) is 0 Å². The van der Waals surface area contributed by atoms with Crippen LogP contribution >= 0.6 is 12.2 Å². The predicted molar refractivity (Wildman–Crippen MR) is 105 cm³/mol. The molecule has 1 aliphatic heterocycles. The van der Waals surface area contributed by atoms with Crippen molar-refractivity contribution in [2.75, 3.05) is 31.5 Å². The third-order valence-corrected chi connectivity index (χ3v) is 5.21. The van der Waals surface area contributed by atoms with Crippen molar-refractivity contribution in [1.82, 2.24) is 4.90 Å². The van der Waals surface area contributed by atoms with Gasteiger partial charge in [0, 0.05) is 11.3 Å². The highest BCUT2D eigenvalue weighted by molar-refractivity contribution is 7.80. The fourth-order valence-electron chi connectivity index (χ4n) is 3.19. The normalized spacial score (nSPS) is 15.3. The maximum atomic E-state index is 5.61. The summed E-state index contributed by atoms with van der Waals surface area (Å²) in [6.45, 7) is 9.70. The lowest BCUT2D eigenvalue weighted by molar-refractivity contribution is -0.917. The van der Waals surface area contributed by atoms with Crippen molar-refractivity contribution in [2.24, 2.45) is 0 Å². The number of nitrogens with zero attached hydrogens (tertiary/aromatic N) is 1. The van der Waals surface area contributed by atoms with Gasteiger partial charge in [0.25, 0.3) is 0 Å². The first kappa shape index (κ1) is 16.9. The van der Waals surface area contributed by atoms with E-state index in [2.05, 4.69) is 66.5 Å². The SMILES string of the molecule is Cc1ccccc1C[NH+]1CCN(C(=S)Nc2ccccc2C)CC1. The average Bonchev–Trinajstić information content (AvgIpc) is 2.59. The second-order valence-electron chi connectivity index (χ2n) is 6.59. The van der Waals surface area contributed by atoms with Crippen molar-refractivity contribution in [3.05, 3.63) is 65.2 Å². The summed E-state index contributed by atoms with van der Waals surface area (Å²) in [5.74, 6) is 0. The smallest absolute Gasteiger partial charge is 0.173 e. The van der Waals surface area contributed by atoms with E-state index in [9.17, 15) is 0 Å². The van der Waals surface area contributed by atoms with Crippen LogP contribution in [-0.2, 0) is 6.54 Å². The molecular formula is C20H26N3S+. The second-order valence-corrected chi connectivity index (χ2v) is 6.97. The Labute approximate surface area is 150 Å². The molecule has 1 aliphatic rings. The Balaban J connectivity index is 1.52. The number of para-hydroxylation sites is 1. The molecule has 4 heteroatoms. The van der Waals surface area contributed by atoms with Crippen LogP contribution in [0.1, 0.15) is 16.7 Å². The Morgan fingerprint density at radius 1 is 1.00 bits per heavy atom. The topological polar surface area (TPSA) is 19.7 Å². The maximum absolute atomic E-state index is 5.61. The zero-order valence-electron chi connectivity index (χ0n) is 14.5. The Bertz CT molecular complexity index is 706. The molecule has 0 aromatic heterocycles. The lowest BCUT2D eigenvalue weighted by Gasteiger charge is -2.34. The molecule has 2 aromatic rings. The molecule has 0 amide bonds. The number of hydrogen-bond donors (Lipinski definition) is 2. The number of nitrogens with one attached hydrogen (secondary N) is 2. The van der Waals surface area contributed by atoms with E-state index in [1.54, 1.807) is 4.90 Å². The Kier molecular flexibility index (Phi) is 5.48. The van der Waals surface area contributed by atoms with Crippen LogP contribution in [0.15, 0.2) is 48.5 Å². The molecule has 0 aliphatic carbocycles. The number of benzene rings is 2. The van der Waals surface area contributed by atoms with Crippen LogP contribution in [-0.4, -0.2) is 36.2 Å². The van der Waals surface area contributed by atoms with Crippen LogP contribution < -0.4 is 10.2 Å². The average molecular weight is 341 g/mol. The molecule has 0 saturated carbocycles. The van der Waals surface area contributed by atoms with E-state index < -0.39 is 0 Å². The van der Waals surface area contributed by atoms with E-state index >= 15 is 0 Å². The van der Waals surface area contributed by atoms with Crippen LogP contribution in [0.3, 0.4) is 0 Å². The summed E-state index contributed by atoms with van der Waals surface area (Å²) in [5, 5.41) is 4.25. The number of rotatable bonds is 3. The molecule has 0 bridgehead atoms. The fraction of sp³-hybridized carbons (Fsp3) is 0.350. The summed E-state index contributed by atoms with van der Waals surface area (Å²) in [5.41, 5.74) is 5.19. The standard InChI is InChI=1S/C20H25N3S/c1-16-7-3-5-9-18(16)15-22-11-13-23(14-12-22)20(24)21-19-10-6-4-8-17(19)2/h3-10H,11-15H2,1-2H3,(H,21,24)/p+1. The van der Waals surface area contributed by atoms with Gasteiger partial charge in [-0.2, -0.15) is 0 Å². The number of piperazine rings is 1. The first-order valence-corrected chi connectivity index (χ1v) is 9.04. The molecule has 2 aromatic carbocycles. The monoisotopic (exact) mass is 340 g/mol. The highest BCUT2D eigenvalue weighted by atomic mass is 32.1. The summed E-state index contributed by atoms with van der Waals surface area (Å²) >= 11 is 5.61. The predicted octanol–water partition coefficient (Wildman–Crippen LogP) is 2.40. The highest BCUT2D eigenvalue weighted by Gasteiger charge is 2.22. The van der Waals surface area contributed by atoms with E-state index in [-0.39, 0.29) is 0 Å². The molecule has 126 valence electrons. The summed E-state index contributed by atoms with van der Waals surface area (Å²) in [4.78, 5) is 3.93. The number of thiocarbonyl (C=S) groups is 1. The Morgan fingerprint density at radius 2 is 1.62 bits per heavy atom. The van der Waals surface area contributed by atoms with Gasteiger partial charge < -0.3 is 15.1 Å². The van der Waals surface area contributed by atoms with Crippen molar-refractivity contribution in [1.29, 1.82) is 0 Å². The van der Waals surface area contributed by atoms with Crippen LogP contribution in [0.5, 0.6) is 0 Å². The van der Waals surface area contributed by atoms with Gasteiger partial charge in [-0.1, -0.05) is 42.5 Å². The highest BCUT2D eigenvalue weighted by Crippen LogP contribution is 2.14. The van der Waals surface area contributed by atoms with Crippen molar-refractivity contribution < 1.29 is 4.90 Å². The number of hydrogen-bond acceptors (Lipinski definition) is 1. The van der Waals surface area contributed by atoms with Crippen molar-refractivity contribution in [2.45, 2.75) is 20.4 Å². The zero-order chi connectivity index (χ0) is 16.9. The largest absolute Gasteiger partial charge is 0.338 e. The first-order valence-electron chi connectivity index (χ1n) is 8.63. The minimum atomic E-state index is 0.847. The van der Waals surface area contributed by atoms with E-state index in [0.29, 0.717) is 0 Å². The van der Waals surface area contributed by atoms with Gasteiger partial charge in [0.05, 0.1) is 26.2 Å². The van der Waals surface area contributed by atoms with E-state index in [4.69, 9.17) is 12.2 Å². The van der Waals surface area contributed by atoms with Crippen molar-refractivity contribution >= 4 is 23.0 Å². The molecule has 0 unspecified atom stereocenters. The lowest BCUT2D eigenvalue weighted by atomic mass is 10.1. The molecule has 1 saturated heterocycles. The van der Waals surface area contributed by atoms with E-state index in [1.807, 2.05) is 6.07 Å². The minimum Gasteiger partial charge on any atom is -0.338 e. The van der Waals surface area contributed by atoms with Gasteiger partial charge in [0.2, 0.25) is 0 Å². The van der Waals surface area contributed by atoms with Gasteiger partial charge in [0.15, 0.2) is 5.11 Å². The first-order chi connectivity index (χ1) is 11.6. The summed E-state index contributed by atoms with van der Waals surface area (Å²) in [6.07, 6.45) is 0. The Morgan fingerprint density at radius 3 is 2.29 bits per heavy atom. The molecule has 1 fully saturated rings. The Hall–Kier alpha value is -1.91. The van der Waals surface area contributed by atoms with Crippen molar-refractivity contribution in [3.8, 4) is 0 Å². The van der Waals surface area contributed by atoms with Crippen LogP contribution in [0.4, 0.5) is 5.69 Å². The molecule has 3 nitrogen and oxygen atoms in total. The fourth-order valence-corrected chi connectivity index (χ4v) is 3.48. The van der Waals surface area contributed by atoms with Crippen molar-refractivity contribution in [3.63, 3.8) is 0 Å². The molecule has 1 heterocycles. The van der Waals surface area contributed by atoms with Gasteiger partial charge in [-0.15, -0.1) is 0 Å². The number of aryl methyl sites for hydroxylation is 2. The summed E-state index contributed by atoms with van der Waals surface area (Å²) < 4.78 is 0. The van der Waals surface area contributed by atoms with Gasteiger partial charge in [-0.05, 0) is 43.3 Å².